The first-order chi connectivity index (χ1) is 8.70. The summed E-state index contributed by atoms with van der Waals surface area (Å²) in [6.07, 6.45) is 3.34. The molecule has 0 amide bonds. The van der Waals surface area contributed by atoms with Crippen LogP contribution in [0.2, 0.25) is 0 Å². The Morgan fingerprint density at radius 1 is 1.56 bits per heavy atom. The summed E-state index contributed by atoms with van der Waals surface area (Å²) < 4.78 is 1.57. The quantitative estimate of drug-likeness (QED) is 0.792. The largest absolute Gasteiger partial charge is 0.481 e. The number of aliphatic carboxylic acids is 1. The van der Waals surface area contributed by atoms with Gasteiger partial charge in [0.15, 0.2) is 0 Å². The molecule has 0 aliphatic carbocycles. The van der Waals surface area contributed by atoms with E-state index in [1.165, 1.54) is 6.33 Å². The smallest absolute Gasteiger partial charge is 0.305 e. The number of aromatic nitrogens is 4. The zero-order chi connectivity index (χ0) is 13.0. The van der Waals surface area contributed by atoms with E-state index in [0.29, 0.717) is 12.3 Å². The van der Waals surface area contributed by atoms with Gasteiger partial charge in [-0.05, 0) is 6.42 Å². The summed E-state index contributed by atoms with van der Waals surface area (Å²) in [4.78, 5) is 18.9. The maximum absolute atomic E-state index is 10.5. The summed E-state index contributed by atoms with van der Waals surface area (Å²) in [7, 11) is 0. The second-order valence-corrected chi connectivity index (χ2v) is 3.93. The molecule has 0 saturated heterocycles. The lowest BCUT2D eigenvalue weighted by molar-refractivity contribution is -0.136. The first-order valence-electron chi connectivity index (χ1n) is 5.86. The lowest BCUT2D eigenvalue weighted by Crippen LogP contribution is -2.12. The monoisotopic (exact) mass is 249 g/mol. The molecular weight excluding hydrogens is 234 g/mol. The van der Waals surface area contributed by atoms with Crippen LogP contribution in [0.1, 0.15) is 25.5 Å². The summed E-state index contributed by atoms with van der Waals surface area (Å²) in [6, 6.07) is 1.88. The van der Waals surface area contributed by atoms with Crippen LogP contribution >= 0.6 is 0 Å². The van der Waals surface area contributed by atoms with Gasteiger partial charge in [0, 0.05) is 18.3 Å². The number of aryl methyl sites for hydroxylation is 1. The van der Waals surface area contributed by atoms with Gasteiger partial charge in [-0.15, -0.1) is 0 Å². The molecule has 0 fully saturated rings. The van der Waals surface area contributed by atoms with E-state index in [1.807, 2.05) is 6.07 Å². The van der Waals surface area contributed by atoms with E-state index >= 15 is 0 Å². The van der Waals surface area contributed by atoms with Crippen molar-refractivity contribution in [1.82, 2.24) is 19.6 Å². The number of nitrogens with one attached hydrogen (secondary N) is 1. The van der Waals surface area contributed by atoms with Gasteiger partial charge in [0.1, 0.15) is 12.1 Å². The van der Waals surface area contributed by atoms with Crippen molar-refractivity contribution in [2.24, 2.45) is 0 Å². The van der Waals surface area contributed by atoms with Gasteiger partial charge in [-0.1, -0.05) is 13.3 Å². The average Bonchev–Trinajstić information content (AvgIpc) is 2.77. The van der Waals surface area contributed by atoms with Crippen LogP contribution in [0.4, 0.5) is 5.82 Å². The summed E-state index contributed by atoms with van der Waals surface area (Å²) in [5.74, 6) is 0.418. The summed E-state index contributed by atoms with van der Waals surface area (Å²) in [5, 5.41) is 15.7. The van der Waals surface area contributed by atoms with Crippen molar-refractivity contribution >= 4 is 17.6 Å². The Morgan fingerprint density at radius 2 is 2.39 bits per heavy atom. The molecule has 0 saturated carbocycles. The van der Waals surface area contributed by atoms with Gasteiger partial charge in [0.05, 0.1) is 6.42 Å². The highest BCUT2D eigenvalue weighted by molar-refractivity contribution is 5.67. The molecule has 0 spiro atoms. The third-order valence-corrected chi connectivity index (χ3v) is 2.46. The van der Waals surface area contributed by atoms with Crippen molar-refractivity contribution < 1.29 is 9.90 Å². The number of carboxylic acids is 1. The Bertz CT molecular complexity index is 551. The number of anilines is 1. The van der Waals surface area contributed by atoms with Gasteiger partial charge in [0.2, 0.25) is 0 Å². The second-order valence-electron chi connectivity index (χ2n) is 3.93. The third-order valence-electron chi connectivity index (χ3n) is 2.46. The molecule has 0 aromatic carbocycles. The molecule has 0 radical (unpaired) electrons. The molecule has 2 rings (SSSR count). The minimum Gasteiger partial charge on any atom is -0.481 e. The fourth-order valence-electron chi connectivity index (χ4n) is 1.67. The van der Waals surface area contributed by atoms with Crippen molar-refractivity contribution in [2.75, 3.05) is 11.9 Å². The number of carbonyl (C=O) groups is 1. The summed E-state index contributed by atoms with van der Waals surface area (Å²) in [5.41, 5.74) is 0.927. The molecule has 2 aromatic rings. The molecule has 0 bridgehead atoms. The van der Waals surface area contributed by atoms with Crippen molar-refractivity contribution in [3.05, 3.63) is 18.1 Å². The summed E-state index contributed by atoms with van der Waals surface area (Å²) >= 11 is 0. The lowest BCUT2D eigenvalue weighted by Gasteiger charge is -2.08. The predicted molar refractivity (Wildman–Crippen MR) is 65.5 cm³/mol. The molecule has 2 heterocycles. The molecule has 0 unspecified atom stereocenters. The third kappa shape index (κ3) is 2.73. The zero-order valence-electron chi connectivity index (χ0n) is 10.1. The van der Waals surface area contributed by atoms with E-state index in [9.17, 15) is 4.79 Å². The van der Waals surface area contributed by atoms with Crippen LogP contribution < -0.4 is 5.32 Å². The standard InChI is InChI=1S/C11H15N5O2/c1-2-3-8-6-9(12-5-4-10(17)18)16-11(15-8)13-7-14-16/h6-7,12H,2-5H2,1H3,(H,17,18). The molecule has 96 valence electrons. The molecule has 2 N–H and O–H groups in total. The number of hydrogen-bond donors (Lipinski definition) is 2. The molecule has 2 aromatic heterocycles. The zero-order valence-corrected chi connectivity index (χ0v) is 10.1. The van der Waals surface area contributed by atoms with Crippen molar-refractivity contribution in [2.45, 2.75) is 26.2 Å². The van der Waals surface area contributed by atoms with Gasteiger partial charge in [0.25, 0.3) is 5.78 Å². The lowest BCUT2D eigenvalue weighted by atomic mass is 10.2. The Balaban J connectivity index is 2.22. The first-order valence-corrected chi connectivity index (χ1v) is 5.86. The maximum atomic E-state index is 10.5. The van der Waals surface area contributed by atoms with Crippen LogP contribution in [0.25, 0.3) is 5.78 Å². The fraction of sp³-hybridized carbons (Fsp3) is 0.455. The Hall–Kier alpha value is -2.18. The number of hydrogen-bond acceptors (Lipinski definition) is 5. The van der Waals surface area contributed by atoms with Crippen molar-refractivity contribution in [1.29, 1.82) is 0 Å². The minimum atomic E-state index is -0.833. The van der Waals surface area contributed by atoms with E-state index < -0.39 is 5.97 Å². The van der Waals surface area contributed by atoms with Crippen molar-refractivity contribution in [3.63, 3.8) is 0 Å². The van der Waals surface area contributed by atoms with E-state index in [-0.39, 0.29) is 6.42 Å². The van der Waals surface area contributed by atoms with Crippen LogP contribution in [0.15, 0.2) is 12.4 Å². The Morgan fingerprint density at radius 3 is 3.11 bits per heavy atom. The van der Waals surface area contributed by atoms with E-state index in [0.717, 1.165) is 24.4 Å². The van der Waals surface area contributed by atoms with Gasteiger partial charge >= 0.3 is 5.97 Å². The fourth-order valence-corrected chi connectivity index (χ4v) is 1.67. The molecule has 0 aliphatic heterocycles. The normalized spacial score (nSPS) is 10.7. The van der Waals surface area contributed by atoms with Crippen LogP contribution in [-0.4, -0.2) is 37.2 Å². The molecule has 7 nitrogen and oxygen atoms in total. The van der Waals surface area contributed by atoms with E-state index in [1.54, 1.807) is 4.52 Å². The molecule has 0 atom stereocenters. The first kappa shape index (κ1) is 12.3. The minimum absolute atomic E-state index is 0.0572. The SMILES string of the molecule is CCCc1cc(NCCC(=O)O)n2ncnc2n1. The van der Waals surface area contributed by atoms with Crippen LogP contribution in [0.3, 0.4) is 0 Å². The van der Waals surface area contributed by atoms with Crippen LogP contribution in [0, 0.1) is 0 Å². The molecule has 18 heavy (non-hydrogen) atoms. The highest BCUT2D eigenvalue weighted by Crippen LogP contribution is 2.12. The van der Waals surface area contributed by atoms with Gasteiger partial charge < -0.3 is 10.4 Å². The number of fused-ring (bicyclic) bond motifs is 1. The molecule has 0 aliphatic rings. The highest BCUT2D eigenvalue weighted by Gasteiger charge is 2.07. The van der Waals surface area contributed by atoms with Crippen LogP contribution in [0.5, 0.6) is 0 Å². The van der Waals surface area contributed by atoms with Gasteiger partial charge in [-0.3, -0.25) is 4.79 Å². The number of carboxylic acid groups (broad SMARTS) is 1. The Labute approximate surface area is 104 Å². The Kier molecular flexibility index (Phi) is 3.71. The van der Waals surface area contributed by atoms with E-state index in [2.05, 4.69) is 27.3 Å². The molecule has 7 heteroatoms. The predicted octanol–water partition coefficient (Wildman–Crippen LogP) is 0.963. The van der Waals surface area contributed by atoms with Gasteiger partial charge in [-0.2, -0.15) is 14.6 Å². The van der Waals surface area contributed by atoms with E-state index in [4.69, 9.17) is 5.11 Å². The number of nitrogens with zero attached hydrogens (tertiary/aromatic N) is 4. The maximum Gasteiger partial charge on any atom is 0.305 e. The van der Waals surface area contributed by atoms with Crippen LogP contribution in [-0.2, 0) is 11.2 Å². The topological polar surface area (TPSA) is 92.4 Å². The average molecular weight is 249 g/mol. The van der Waals surface area contributed by atoms with Crippen molar-refractivity contribution in [3.8, 4) is 0 Å². The summed E-state index contributed by atoms with van der Waals surface area (Å²) in [6.45, 7) is 2.42. The second kappa shape index (κ2) is 5.44. The highest BCUT2D eigenvalue weighted by atomic mass is 16.4. The number of rotatable bonds is 6. The van der Waals surface area contributed by atoms with Gasteiger partial charge in [-0.25, -0.2) is 4.98 Å². The molecular formula is C11H15N5O2.